The van der Waals surface area contributed by atoms with E-state index in [1.54, 1.807) is 12.1 Å². The monoisotopic (exact) mass is 418 g/mol. The Bertz CT molecular complexity index is 1010. The molecule has 3 aromatic rings. The third kappa shape index (κ3) is 5.55. The standard InChI is InChI=1S/C20H19FN4O3.ClH/c1-12(17-10-18(28-25-17)24-20(22)23-11-19(26)27)14-7-8-15(16(21)9-14)13-5-3-2-4-6-13;/h2-10,12H,11H2,1H3,(H,26,27)(H3,22,23,24);1H. The minimum Gasteiger partial charge on any atom is -0.480 e. The summed E-state index contributed by atoms with van der Waals surface area (Å²) in [4.78, 5) is 14.1. The second kappa shape index (κ2) is 9.70. The molecule has 1 heterocycles. The van der Waals surface area contributed by atoms with Crippen molar-refractivity contribution in [2.24, 2.45) is 10.7 Å². The fourth-order valence-corrected chi connectivity index (χ4v) is 2.69. The van der Waals surface area contributed by atoms with Crippen LogP contribution in [0.2, 0.25) is 0 Å². The number of hydrogen-bond acceptors (Lipinski definition) is 4. The summed E-state index contributed by atoms with van der Waals surface area (Å²) in [6.07, 6.45) is 0. The first kappa shape index (κ1) is 21.9. The predicted octanol–water partition coefficient (Wildman–Crippen LogP) is 3.87. The van der Waals surface area contributed by atoms with Gasteiger partial charge in [0.15, 0.2) is 5.96 Å². The van der Waals surface area contributed by atoms with Crippen LogP contribution in [0.25, 0.3) is 11.1 Å². The molecule has 0 saturated carbocycles. The number of rotatable bonds is 6. The van der Waals surface area contributed by atoms with E-state index in [0.29, 0.717) is 11.3 Å². The zero-order valence-corrected chi connectivity index (χ0v) is 16.3. The van der Waals surface area contributed by atoms with Crippen molar-refractivity contribution in [1.29, 1.82) is 0 Å². The Hall–Kier alpha value is -3.39. The van der Waals surface area contributed by atoms with Crippen LogP contribution in [0.5, 0.6) is 0 Å². The molecule has 0 aliphatic heterocycles. The highest BCUT2D eigenvalue weighted by atomic mass is 35.5. The van der Waals surface area contributed by atoms with Crippen LogP contribution in [-0.2, 0) is 4.79 Å². The lowest BCUT2D eigenvalue weighted by atomic mass is 9.95. The van der Waals surface area contributed by atoms with E-state index in [-0.39, 0.29) is 36.0 Å². The molecule has 1 atom stereocenters. The summed E-state index contributed by atoms with van der Waals surface area (Å²) >= 11 is 0. The number of aliphatic imine (C=N–C) groups is 1. The van der Waals surface area contributed by atoms with Gasteiger partial charge in [0.2, 0.25) is 5.88 Å². The van der Waals surface area contributed by atoms with Gasteiger partial charge in [0, 0.05) is 17.5 Å². The van der Waals surface area contributed by atoms with Crippen molar-refractivity contribution in [1.82, 2.24) is 5.16 Å². The predicted molar refractivity (Wildman–Crippen MR) is 111 cm³/mol. The van der Waals surface area contributed by atoms with Crippen LogP contribution in [0, 0.1) is 5.82 Å². The van der Waals surface area contributed by atoms with Gasteiger partial charge in [0.05, 0.1) is 5.69 Å². The number of carboxylic acid groups (broad SMARTS) is 1. The van der Waals surface area contributed by atoms with Gasteiger partial charge in [-0.15, -0.1) is 12.4 Å². The molecule has 0 aliphatic rings. The number of guanidine groups is 1. The average molecular weight is 419 g/mol. The first-order valence-electron chi connectivity index (χ1n) is 8.54. The van der Waals surface area contributed by atoms with E-state index in [1.165, 1.54) is 6.07 Å². The molecule has 29 heavy (non-hydrogen) atoms. The molecular weight excluding hydrogens is 399 g/mol. The molecule has 0 amide bonds. The molecule has 2 aromatic carbocycles. The Balaban J connectivity index is 0.00000300. The van der Waals surface area contributed by atoms with Crippen molar-refractivity contribution in [3.63, 3.8) is 0 Å². The van der Waals surface area contributed by atoms with Crippen molar-refractivity contribution < 1.29 is 18.8 Å². The molecule has 7 nitrogen and oxygen atoms in total. The highest BCUT2D eigenvalue weighted by Crippen LogP contribution is 2.29. The van der Waals surface area contributed by atoms with Gasteiger partial charge >= 0.3 is 5.97 Å². The zero-order chi connectivity index (χ0) is 20.1. The zero-order valence-electron chi connectivity index (χ0n) is 15.5. The number of halogens is 2. The van der Waals surface area contributed by atoms with Gasteiger partial charge in [0.1, 0.15) is 12.4 Å². The Labute approximate surface area is 172 Å². The van der Waals surface area contributed by atoms with E-state index in [4.69, 9.17) is 15.4 Å². The van der Waals surface area contributed by atoms with Gasteiger partial charge in [-0.1, -0.05) is 54.5 Å². The molecular formula is C20H20ClFN4O3. The second-order valence-electron chi connectivity index (χ2n) is 6.16. The van der Waals surface area contributed by atoms with E-state index in [2.05, 4.69) is 15.5 Å². The number of aromatic nitrogens is 1. The summed E-state index contributed by atoms with van der Waals surface area (Å²) in [7, 11) is 0. The number of aliphatic carboxylic acids is 1. The van der Waals surface area contributed by atoms with Gasteiger partial charge in [-0.3, -0.25) is 10.1 Å². The van der Waals surface area contributed by atoms with Gasteiger partial charge in [0.25, 0.3) is 0 Å². The maximum Gasteiger partial charge on any atom is 0.325 e. The fraction of sp³-hybridized carbons (Fsp3) is 0.150. The summed E-state index contributed by atoms with van der Waals surface area (Å²) in [5.41, 5.74) is 8.23. The number of nitrogens with one attached hydrogen (secondary N) is 1. The topological polar surface area (TPSA) is 114 Å². The number of anilines is 1. The number of hydrogen-bond donors (Lipinski definition) is 3. The Morgan fingerprint density at radius 2 is 2.00 bits per heavy atom. The van der Waals surface area contributed by atoms with Crippen LogP contribution in [0.3, 0.4) is 0 Å². The van der Waals surface area contributed by atoms with Gasteiger partial charge < -0.3 is 15.4 Å². The van der Waals surface area contributed by atoms with Crippen molar-refractivity contribution in [3.8, 4) is 11.1 Å². The van der Waals surface area contributed by atoms with Gasteiger partial charge in [-0.25, -0.2) is 9.38 Å². The van der Waals surface area contributed by atoms with E-state index in [9.17, 15) is 9.18 Å². The second-order valence-corrected chi connectivity index (χ2v) is 6.16. The largest absolute Gasteiger partial charge is 0.480 e. The molecule has 0 aliphatic carbocycles. The first-order valence-corrected chi connectivity index (χ1v) is 8.54. The maximum absolute atomic E-state index is 14.6. The normalized spacial score (nSPS) is 12.1. The van der Waals surface area contributed by atoms with Crippen LogP contribution in [0.4, 0.5) is 10.3 Å². The van der Waals surface area contributed by atoms with Crippen molar-refractivity contribution in [3.05, 3.63) is 71.7 Å². The highest BCUT2D eigenvalue weighted by Gasteiger charge is 2.16. The summed E-state index contributed by atoms with van der Waals surface area (Å²) in [6, 6.07) is 16.0. The van der Waals surface area contributed by atoms with Crippen molar-refractivity contribution >= 4 is 30.2 Å². The Kier molecular flexibility index (Phi) is 7.33. The summed E-state index contributed by atoms with van der Waals surface area (Å²) < 4.78 is 19.7. The molecule has 1 aromatic heterocycles. The summed E-state index contributed by atoms with van der Waals surface area (Å²) in [5, 5.41) is 15.2. The molecule has 1 unspecified atom stereocenters. The van der Waals surface area contributed by atoms with E-state index in [1.807, 2.05) is 43.3 Å². The van der Waals surface area contributed by atoms with Crippen LogP contribution < -0.4 is 11.1 Å². The highest BCUT2D eigenvalue weighted by molar-refractivity contribution is 5.92. The lowest BCUT2D eigenvalue weighted by Gasteiger charge is -2.11. The minimum atomic E-state index is -1.10. The fourth-order valence-electron chi connectivity index (χ4n) is 2.69. The quantitative estimate of drug-likeness (QED) is 0.413. The lowest BCUT2D eigenvalue weighted by Crippen LogP contribution is -2.23. The molecule has 0 radical (unpaired) electrons. The molecule has 4 N–H and O–H groups in total. The molecule has 3 rings (SSSR count). The van der Waals surface area contributed by atoms with Crippen LogP contribution in [0.1, 0.15) is 24.1 Å². The van der Waals surface area contributed by atoms with E-state index < -0.39 is 12.5 Å². The van der Waals surface area contributed by atoms with Crippen molar-refractivity contribution in [2.75, 3.05) is 11.9 Å². The smallest absolute Gasteiger partial charge is 0.325 e. The molecule has 0 spiro atoms. The number of benzene rings is 2. The Morgan fingerprint density at radius 3 is 2.66 bits per heavy atom. The third-order valence-electron chi connectivity index (χ3n) is 4.19. The van der Waals surface area contributed by atoms with Crippen LogP contribution >= 0.6 is 12.4 Å². The summed E-state index contributed by atoms with van der Waals surface area (Å²) in [5.74, 6) is -1.53. The van der Waals surface area contributed by atoms with Crippen molar-refractivity contribution in [2.45, 2.75) is 12.8 Å². The van der Waals surface area contributed by atoms with E-state index in [0.717, 1.165) is 11.1 Å². The lowest BCUT2D eigenvalue weighted by molar-refractivity contribution is -0.135. The molecule has 0 saturated heterocycles. The number of nitrogens with zero attached hydrogens (tertiary/aromatic N) is 2. The number of carboxylic acids is 1. The van der Waals surface area contributed by atoms with Gasteiger partial charge in [-0.05, 0) is 17.2 Å². The average Bonchev–Trinajstić information content (AvgIpc) is 3.14. The Morgan fingerprint density at radius 1 is 1.28 bits per heavy atom. The number of nitrogens with two attached hydrogens (primary N) is 1. The summed E-state index contributed by atoms with van der Waals surface area (Å²) in [6.45, 7) is 1.42. The van der Waals surface area contributed by atoms with Crippen LogP contribution in [-0.4, -0.2) is 28.7 Å². The molecule has 9 heteroatoms. The third-order valence-corrected chi connectivity index (χ3v) is 4.19. The maximum atomic E-state index is 14.6. The molecule has 0 bridgehead atoms. The van der Waals surface area contributed by atoms with Gasteiger partial charge in [-0.2, -0.15) is 0 Å². The first-order chi connectivity index (χ1) is 13.4. The number of carbonyl (C=O) groups is 1. The SMILES string of the molecule is CC(c1ccc(-c2ccccc2)c(F)c1)c1cc(NC(N)=NCC(=O)O)on1.Cl. The molecule has 0 fully saturated rings. The van der Waals surface area contributed by atoms with Crippen LogP contribution in [0.15, 0.2) is 64.1 Å². The minimum absolute atomic E-state index is 0. The molecule has 152 valence electrons. The van der Waals surface area contributed by atoms with E-state index >= 15 is 0 Å².